The van der Waals surface area contributed by atoms with Gasteiger partial charge in [-0.05, 0) is 17.7 Å². The van der Waals surface area contributed by atoms with Crippen LogP contribution in [0, 0.1) is 17.1 Å². The molecule has 1 aromatic rings. The van der Waals surface area contributed by atoms with Crippen molar-refractivity contribution in [1.29, 1.82) is 5.26 Å². The predicted octanol–water partition coefficient (Wildman–Crippen LogP) is -0.268. The van der Waals surface area contributed by atoms with Crippen molar-refractivity contribution in [3.05, 3.63) is 23.5 Å². The number of nitriles is 1. The number of nitrogens with zero attached hydrogens (tertiary/aromatic N) is 1. The third-order valence-corrected chi connectivity index (χ3v) is 1.70. The molecule has 0 aromatic heterocycles. The molecule has 0 unspecified atom stereocenters. The zero-order chi connectivity index (χ0) is 9.14. The summed E-state index contributed by atoms with van der Waals surface area (Å²) in [7, 11) is 1.74. The predicted molar refractivity (Wildman–Crippen MR) is 48.3 cm³/mol. The van der Waals surface area contributed by atoms with E-state index in [1.807, 2.05) is 6.07 Å². The Kier molecular flexibility index (Phi) is 2.34. The van der Waals surface area contributed by atoms with Crippen LogP contribution in [0.4, 0.5) is 10.1 Å². The normalized spacial score (nSPS) is 9.33. The summed E-state index contributed by atoms with van der Waals surface area (Å²) in [4.78, 5) is 0. The van der Waals surface area contributed by atoms with Gasteiger partial charge in [0.2, 0.25) is 0 Å². The second kappa shape index (κ2) is 3.27. The first-order valence-corrected chi connectivity index (χ1v) is 3.56. The smallest absolute Gasteiger partial charge is 0.139 e. The summed E-state index contributed by atoms with van der Waals surface area (Å²) >= 11 is 0. The highest BCUT2D eigenvalue weighted by molar-refractivity contribution is 6.33. The van der Waals surface area contributed by atoms with Crippen molar-refractivity contribution in [2.75, 3.05) is 5.73 Å². The van der Waals surface area contributed by atoms with E-state index in [-0.39, 0.29) is 6.42 Å². The molecule has 60 valence electrons. The van der Waals surface area contributed by atoms with E-state index in [0.717, 1.165) is 5.46 Å². The van der Waals surface area contributed by atoms with E-state index >= 15 is 0 Å². The van der Waals surface area contributed by atoms with Gasteiger partial charge in [-0.15, -0.1) is 0 Å². The molecule has 1 aromatic carbocycles. The minimum Gasteiger partial charge on any atom is -0.399 e. The number of hydrogen-bond donors (Lipinski definition) is 1. The third-order valence-electron chi connectivity index (χ3n) is 1.70. The van der Waals surface area contributed by atoms with Gasteiger partial charge in [-0.1, -0.05) is 5.46 Å². The number of anilines is 1. The van der Waals surface area contributed by atoms with Gasteiger partial charge in [0, 0.05) is 5.69 Å². The molecule has 0 fully saturated rings. The van der Waals surface area contributed by atoms with Crippen LogP contribution in [0.3, 0.4) is 0 Å². The molecule has 4 heteroatoms. The molecule has 0 aliphatic carbocycles. The van der Waals surface area contributed by atoms with Gasteiger partial charge in [-0.25, -0.2) is 4.39 Å². The average Bonchev–Trinajstić information content (AvgIpc) is 1.96. The van der Waals surface area contributed by atoms with E-state index < -0.39 is 5.82 Å². The van der Waals surface area contributed by atoms with E-state index in [1.165, 1.54) is 6.07 Å². The van der Waals surface area contributed by atoms with Crippen molar-refractivity contribution in [1.82, 2.24) is 0 Å². The van der Waals surface area contributed by atoms with Gasteiger partial charge >= 0.3 is 0 Å². The summed E-state index contributed by atoms with van der Waals surface area (Å²) in [5.74, 6) is -0.394. The van der Waals surface area contributed by atoms with Crippen molar-refractivity contribution in [2.45, 2.75) is 6.42 Å². The topological polar surface area (TPSA) is 49.8 Å². The van der Waals surface area contributed by atoms with Gasteiger partial charge in [-0.2, -0.15) is 5.26 Å². The highest BCUT2D eigenvalue weighted by atomic mass is 19.1. The summed E-state index contributed by atoms with van der Waals surface area (Å²) < 4.78 is 13.1. The largest absolute Gasteiger partial charge is 0.399 e. The van der Waals surface area contributed by atoms with Gasteiger partial charge in [-0.3, -0.25) is 0 Å². The molecule has 12 heavy (non-hydrogen) atoms. The summed E-state index contributed by atoms with van der Waals surface area (Å²) in [6.45, 7) is 0. The van der Waals surface area contributed by atoms with Crippen LogP contribution >= 0.6 is 0 Å². The Labute approximate surface area is 71.2 Å². The molecule has 0 saturated carbocycles. The van der Waals surface area contributed by atoms with E-state index in [9.17, 15) is 4.39 Å². The van der Waals surface area contributed by atoms with Gasteiger partial charge in [0.25, 0.3) is 0 Å². The molecular formula is C8H8BFN2. The minimum atomic E-state index is -0.394. The number of benzene rings is 1. The quantitative estimate of drug-likeness (QED) is 0.456. The molecule has 0 saturated heterocycles. The van der Waals surface area contributed by atoms with Crippen molar-refractivity contribution in [3.63, 3.8) is 0 Å². The van der Waals surface area contributed by atoms with E-state index in [2.05, 4.69) is 0 Å². The van der Waals surface area contributed by atoms with Crippen LogP contribution in [-0.2, 0) is 6.42 Å². The van der Waals surface area contributed by atoms with Gasteiger partial charge in [0.05, 0.1) is 12.5 Å². The van der Waals surface area contributed by atoms with Crippen molar-refractivity contribution in [3.8, 4) is 6.07 Å². The molecule has 0 amide bonds. The van der Waals surface area contributed by atoms with Crippen molar-refractivity contribution < 1.29 is 4.39 Å². The van der Waals surface area contributed by atoms with Crippen LogP contribution in [0.15, 0.2) is 12.1 Å². The monoisotopic (exact) mass is 162 g/mol. The zero-order valence-corrected chi connectivity index (χ0v) is 6.76. The fourth-order valence-electron chi connectivity index (χ4n) is 1.10. The van der Waals surface area contributed by atoms with Gasteiger partial charge in [0.15, 0.2) is 0 Å². The number of nitrogens with two attached hydrogens (primary N) is 1. The Morgan fingerprint density at radius 2 is 2.25 bits per heavy atom. The van der Waals surface area contributed by atoms with E-state index in [0.29, 0.717) is 11.3 Å². The van der Waals surface area contributed by atoms with Crippen molar-refractivity contribution >= 4 is 19.0 Å². The standard InChI is InChI=1S/C8H8BFN2/c9-7-3-5(12)4-8(10)6(7)1-2-11/h3-4H,1,9,12H2. The first-order valence-electron chi connectivity index (χ1n) is 3.56. The molecule has 0 atom stereocenters. The minimum absolute atomic E-state index is 0.0952. The average molecular weight is 162 g/mol. The van der Waals surface area contributed by atoms with E-state index in [1.54, 1.807) is 13.9 Å². The SMILES string of the molecule is Bc1cc(N)cc(F)c1CC#N. The molecule has 1 rings (SSSR count). The van der Waals surface area contributed by atoms with Crippen LogP contribution in [-0.4, -0.2) is 7.85 Å². The molecular weight excluding hydrogens is 154 g/mol. The first kappa shape index (κ1) is 8.60. The highest BCUT2D eigenvalue weighted by Crippen LogP contribution is 2.09. The Morgan fingerprint density at radius 3 is 2.75 bits per heavy atom. The molecule has 0 bridgehead atoms. The Hall–Kier alpha value is -1.50. The maximum Gasteiger partial charge on any atom is 0.139 e. The lowest BCUT2D eigenvalue weighted by Gasteiger charge is -2.04. The number of halogens is 1. The second-order valence-electron chi connectivity index (χ2n) is 2.63. The molecule has 2 N–H and O–H groups in total. The third kappa shape index (κ3) is 1.56. The van der Waals surface area contributed by atoms with Crippen LogP contribution in [0.2, 0.25) is 0 Å². The Morgan fingerprint density at radius 1 is 1.58 bits per heavy atom. The molecule has 0 aliphatic rings. The summed E-state index contributed by atoms with van der Waals surface area (Å²) in [6.07, 6.45) is 0.0952. The van der Waals surface area contributed by atoms with Crippen molar-refractivity contribution in [2.24, 2.45) is 0 Å². The molecule has 0 aliphatic heterocycles. The van der Waals surface area contributed by atoms with Gasteiger partial charge < -0.3 is 5.73 Å². The van der Waals surface area contributed by atoms with E-state index in [4.69, 9.17) is 11.0 Å². The second-order valence-corrected chi connectivity index (χ2v) is 2.63. The van der Waals surface area contributed by atoms with Crippen LogP contribution in [0.1, 0.15) is 5.56 Å². The Balaban J connectivity index is 3.21. The molecule has 0 radical (unpaired) electrons. The summed E-state index contributed by atoms with van der Waals surface area (Å²) in [6, 6.07) is 4.80. The molecule has 0 spiro atoms. The zero-order valence-electron chi connectivity index (χ0n) is 6.76. The fourth-order valence-corrected chi connectivity index (χ4v) is 1.10. The van der Waals surface area contributed by atoms with Gasteiger partial charge in [0.1, 0.15) is 13.7 Å². The fraction of sp³-hybridized carbons (Fsp3) is 0.125. The lowest BCUT2D eigenvalue weighted by molar-refractivity contribution is 0.617. The summed E-state index contributed by atoms with van der Waals surface area (Å²) in [5, 5.41) is 8.39. The molecule has 0 heterocycles. The lowest BCUT2D eigenvalue weighted by Crippen LogP contribution is -2.13. The maximum absolute atomic E-state index is 13.1. The van der Waals surface area contributed by atoms with Crippen LogP contribution in [0.5, 0.6) is 0 Å². The van der Waals surface area contributed by atoms with Crippen LogP contribution in [0.25, 0.3) is 0 Å². The maximum atomic E-state index is 13.1. The lowest BCUT2D eigenvalue weighted by atomic mass is 9.88. The summed E-state index contributed by atoms with van der Waals surface area (Å²) in [5.41, 5.74) is 6.96. The Bertz CT molecular complexity index is 320. The van der Waals surface area contributed by atoms with Crippen LogP contribution < -0.4 is 11.2 Å². The highest BCUT2D eigenvalue weighted by Gasteiger charge is 2.05. The molecule has 2 nitrogen and oxygen atoms in total. The number of nitrogen functional groups attached to an aromatic ring is 1. The first-order chi connectivity index (χ1) is 5.65. The number of rotatable bonds is 1. The number of hydrogen-bond acceptors (Lipinski definition) is 2.